The van der Waals surface area contributed by atoms with Crippen LogP contribution in [0.3, 0.4) is 0 Å². The second-order valence-electron chi connectivity index (χ2n) is 4.34. The van der Waals surface area contributed by atoms with Gasteiger partial charge in [-0.05, 0) is 23.8 Å². The number of hydrogen-bond donors (Lipinski definition) is 2. The average molecular weight is 355 g/mol. The molecule has 0 spiro atoms. The number of anilines is 1. The summed E-state index contributed by atoms with van der Waals surface area (Å²) in [4.78, 5) is 12.0. The summed E-state index contributed by atoms with van der Waals surface area (Å²) < 4.78 is 28.1. The molecule has 2 rings (SSSR count). The van der Waals surface area contributed by atoms with Crippen molar-refractivity contribution in [1.29, 1.82) is 0 Å². The summed E-state index contributed by atoms with van der Waals surface area (Å²) in [7, 11) is 1.41. The topological polar surface area (TPSA) is 41.1 Å². The van der Waals surface area contributed by atoms with E-state index in [0.717, 1.165) is 22.2 Å². The molecule has 0 aliphatic carbocycles. The molecule has 110 valence electrons. The maximum Gasteiger partial charge on any atom is 0.251 e. The van der Waals surface area contributed by atoms with Crippen molar-refractivity contribution in [2.45, 2.75) is 6.54 Å². The third kappa shape index (κ3) is 3.58. The highest BCUT2D eigenvalue weighted by Gasteiger charge is 2.14. The number of hydrogen-bond acceptors (Lipinski definition) is 2. The number of rotatable bonds is 4. The molecule has 3 nitrogen and oxygen atoms in total. The van der Waals surface area contributed by atoms with Gasteiger partial charge in [-0.1, -0.05) is 34.1 Å². The molecule has 0 aliphatic rings. The highest BCUT2D eigenvalue weighted by molar-refractivity contribution is 9.10. The molecule has 0 aromatic heterocycles. The number of benzene rings is 2. The summed E-state index contributed by atoms with van der Waals surface area (Å²) in [6, 6.07) is 9.40. The lowest BCUT2D eigenvalue weighted by molar-refractivity contribution is 0.0950. The van der Waals surface area contributed by atoms with E-state index in [1.165, 1.54) is 7.05 Å². The zero-order valence-electron chi connectivity index (χ0n) is 11.2. The number of nitrogens with one attached hydrogen (secondary N) is 2. The Morgan fingerprint density at radius 2 is 1.81 bits per heavy atom. The van der Waals surface area contributed by atoms with E-state index in [9.17, 15) is 13.6 Å². The average Bonchev–Trinajstić information content (AvgIpc) is 2.45. The summed E-state index contributed by atoms with van der Waals surface area (Å²) in [5.41, 5.74) is 0.562. The fourth-order valence-electron chi connectivity index (χ4n) is 1.86. The van der Waals surface area contributed by atoms with Gasteiger partial charge >= 0.3 is 0 Å². The number of carbonyl (C=O) groups excluding carboxylic acids is 1. The molecule has 0 fully saturated rings. The van der Waals surface area contributed by atoms with E-state index in [-0.39, 0.29) is 17.8 Å². The van der Waals surface area contributed by atoms with Crippen molar-refractivity contribution in [2.75, 3.05) is 12.4 Å². The van der Waals surface area contributed by atoms with Gasteiger partial charge in [0.1, 0.15) is 17.3 Å². The summed E-state index contributed by atoms with van der Waals surface area (Å²) in [6.07, 6.45) is 0. The first-order valence-electron chi connectivity index (χ1n) is 6.21. The second kappa shape index (κ2) is 6.67. The van der Waals surface area contributed by atoms with Crippen LogP contribution in [-0.4, -0.2) is 13.0 Å². The van der Waals surface area contributed by atoms with Crippen LogP contribution in [0.15, 0.2) is 40.9 Å². The molecule has 0 heterocycles. The van der Waals surface area contributed by atoms with Crippen molar-refractivity contribution in [3.05, 3.63) is 63.6 Å². The zero-order valence-corrected chi connectivity index (χ0v) is 12.8. The van der Waals surface area contributed by atoms with Crippen LogP contribution < -0.4 is 10.6 Å². The third-order valence-corrected chi connectivity index (χ3v) is 3.73. The van der Waals surface area contributed by atoms with Gasteiger partial charge in [0, 0.05) is 23.6 Å². The quantitative estimate of drug-likeness (QED) is 0.878. The fourth-order valence-corrected chi connectivity index (χ4v) is 2.29. The Morgan fingerprint density at radius 1 is 1.19 bits per heavy atom. The van der Waals surface area contributed by atoms with Crippen LogP contribution in [0.25, 0.3) is 0 Å². The lowest BCUT2D eigenvalue weighted by atomic mass is 10.1. The fraction of sp³-hybridized carbons (Fsp3) is 0.133. The first-order valence-corrected chi connectivity index (χ1v) is 7.00. The molecular weight excluding hydrogens is 342 g/mol. The number of amides is 1. The molecule has 0 radical (unpaired) electrons. The van der Waals surface area contributed by atoms with Crippen molar-refractivity contribution in [1.82, 2.24) is 5.32 Å². The first-order chi connectivity index (χ1) is 10.0. The van der Waals surface area contributed by atoms with E-state index in [2.05, 4.69) is 26.6 Å². The summed E-state index contributed by atoms with van der Waals surface area (Å²) in [6.45, 7) is 0.261. The zero-order chi connectivity index (χ0) is 15.4. The smallest absolute Gasteiger partial charge is 0.251 e. The molecular formula is C15H13BrF2N2O. The Labute approximate surface area is 129 Å². The molecule has 2 aromatic carbocycles. The van der Waals surface area contributed by atoms with E-state index in [1.807, 2.05) is 24.3 Å². The Hall–Kier alpha value is -1.95. The van der Waals surface area contributed by atoms with Gasteiger partial charge < -0.3 is 10.6 Å². The third-order valence-electron chi connectivity index (χ3n) is 2.95. The largest absolute Gasteiger partial charge is 0.383 e. The monoisotopic (exact) mass is 354 g/mol. The lowest BCUT2D eigenvalue weighted by Crippen LogP contribution is -2.23. The molecule has 0 atom stereocenters. The predicted octanol–water partition coefficient (Wildman–Crippen LogP) is 3.70. The van der Waals surface area contributed by atoms with Crippen molar-refractivity contribution >= 4 is 27.5 Å². The van der Waals surface area contributed by atoms with Crippen molar-refractivity contribution < 1.29 is 13.6 Å². The van der Waals surface area contributed by atoms with E-state index in [0.29, 0.717) is 0 Å². The second-order valence-corrected chi connectivity index (χ2v) is 5.19. The van der Waals surface area contributed by atoms with Crippen LogP contribution in [0.2, 0.25) is 0 Å². The Bertz CT molecular complexity index is 653. The number of carbonyl (C=O) groups is 1. The minimum absolute atomic E-state index is 0.0592. The highest BCUT2D eigenvalue weighted by atomic mass is 79.9. The van der Waals surface area contributed by atoms with Gasteiger partial charge in [-0.15, -0.1) is 0 Å². The molecule has 0 unspecified atom stereocenters. The highest BCUT2D eigenvalue weighted by Crippen LogP contribution is 2.20. The van der Waals surface area contributed by atoms with Crippen molar-refractivity contribution in [3.8, 4) is 0 Å². The van der Waals surface area contributed by atoms with Crippen LogP contribution >= 0.6 is 15.9 Å². The van der Waals surface area contributed by atoms with Crippen LogP contribution in [0, 0.1) is 11.6 Å². The Morgan fingerprint density at radius 3 is 2.38 bits per heavy atom. The van der Waals surface area contributed by atoms with Gasteiger partial charge in [-0.25, -0.2) is 8.78 Å². The maximum absolute atomic E-state index is 13.6. The van der Waals surface area contributed by atoms with Crippen molar-refractivity contribution in [3.63, 3.8) is 0 Å². The van der Waals surface area contributed by atoms with Gasteiger partial charge in [-0.3, -0.25) is 4.79 Å². The molecule has 0 aliphatic heterocycles. The molecule has 21 heavy (non-hydrogen) atoms. The van der Waals surface area contributed by atoms with Gasteiger partial charge in [0.2, 0.25) is 0 Å². The standard InChI is InChI=1S/C15H13BrF2N2O/c1-19-14-12(17)6-10(7-13(14)18)15(21)20-8-9-4-2-3-5-11(9)16/h2-7,19H,8H2,1H3,(H,20,21). The molecule has 0 saturated heterocycles. The summed E-state index contributed by atoms with van der Waals surface area (Å²) in [5.74, 6) is -2.14. The molecule has 2 aromatic rings. The van der Waals surface area contributed by atoms with Gasteiger partial charge in [-0.2, -0.15) is 0 Å². The van der Waals surface area contributed by atoms with Crippen LogP contribution in [0.1, 0.15) is 15.9 Å². The predicted molar refractivity (Wildman–Crippen MR) is 81.2 cm³/mol. The molecule has 2 N–H and O–H groups in total. The molecule has 0 saturated carbocycles. The Balaban J connectivity index is 2.13. The molecule has 1 amide bonds. The van der Waals surface area contributed by atoms with E-state index >= 15 is 0 Å². The van der Waals surface area contributed by atoms with Gasteiger partial charge in [0.15, 0.2) is 0 Å². The number of halogens is 3. The SMILES string of the molecule is CNc1c(F)cc(C(=O)NCc2ccccc2Br)cc1F. The minimum atomic E-state index is -0.802. The minimum Gasteiger partial charge on any atom is -0.383 e. The van der Waals surface area contributed by atoms with Gasteiger partial charge in [0.25, 0.3) is 5.91 Å². The van der Waals surface area contributed by atoms with E-state index < -0.39 is 17.5 Å². The lowest BCUT2D eigenvalue weighted by Gasteiger charge is -2.09. The summed E-state index contributed by atoms with van der Waals surface area (Å²) >= 11 is 3.37. The van der Waals surface area contributed by atoms with Crippen LogP contribution in [0.5, 0.6) is 0 Å². The molecule has 6 heteroatoms. The van der Waals surface area contributed by atoms with E-state index in [4.69, 9.17) is 0 Å². The Kier molecular flexibility index (Phi) is 4.90. The normalized spacial score (nSPS) is 10.3. The van der Waals surface area contributed by atoms with Gasteiger partial charge in [0.05, 0.1) is 0 Å². The molecule has 0 bridgehead atoms. The first kappa shape index (κ1) is 15.4. The maximum atomic E-state index is 13.6. The van der Waals surface area contributed by atoms with Crippen LogP contribution in [-0.2, 0) is 6.54 Å². The van der Waals surface area contributed by atoms with E-state index in [1.54, 1.807) is 0 Å². The van der Waals surface area contributed by atoms with Crippen LogP contribution in [0.4, 0.5) is 14.5 Å². The van der Waals surface area contributed by atoms with Crippen molar-refractivity contribution in [2.24, 2.45) is 0 Å². The summed E-state index contributed by atoms with van der Waals surface area (Å²) in [5, 5.41) is 5.03.